The summed E-state index contributed by atoms with van der Waals surface area (Å²) < 4.78 is 4.85. The Hall–Kier alpha value is -7.89. The monoisotopic (exact) mass is 849 g/mol. The zero-order valence-electron chi connectivity index (χ0n) is 37.5. The Bertz CT molecular complexity index is 3910. The van der Waals surface area contributed by atoms with Crippen molar-refractivity contribution in [2.24, 2.45) is 0 Å². The van der Waals surface area contributed by atoms with Crippen LogP contribution in [0.4, 0.5) is 0 Å². The predicted molar refractivity (Wildman–Crippen MR) is 275 cm³/mol. The summed E-state index contributed by atoms with van der Waals surface area (Å²) in [5, 5.41) is 9.74. The maximum atomic E-state index is 5.58. The Kier molecular flexibility index (Phi) is 8.36. The van der Waals surface area contributed by atoms with Crippen LogP contribution in [0.1, 0.15) is 51.7 Å². The van der Waals surface area contributed by atoms with E-state index in [4.69, 9.17) is 15.0 Å². The first-order valence-corrected chi connectivity index (χ1v) is 23.2. The molecule has 9 aromatic carbocycles. The van der Waals surface area contributed by atoms with Crippen molar-refractivity contribution in [3.05, 3.63) is 199 Å². The second-order valence-electron chi connectivity index (χ2n) is 19.5. The Balaban J connectivity index is 1.19. The van der Waals surface area contributed by atoms with E-state index in [-0.39, 0.29) is 10.8 Å². The number of para-hydroxylation sites is 2. The summed E-state index contributed by atoms with van der Waals surface area (Å²) in [6.45, 7) is 9.67. The van der Waals surface area contributed by atoms with Crippen LogP contribution in [-0.2, 0) is 10.8 Å². The first-order chi connectivity index (χ1) is 32.2. The van der Waals surface area contributed by atoms with E-state index in [9.17, 15) is 0 Å². The highest BCUT2D eigenvalue weighted by molar-refractivity contribution is 6.36. The number of aromatic nitrogens is 5. The highest BCUT2D eigenvalue weighted by atomic mass is 15.2. The van der Waals surface area contributed by atoms with Crippen LogP contribution in [0, 0.1) is 0 Å². The van der Waals surface area contributed by atoms with Crippen LogP contribution in [0.15, 0.2) is 188 Å². The van der Waals surface area contributed by atoms with Gasteiger partial charge in [-0.05, 0) is 97.8 Å². The van der Waals surface area contributed by atoms with Crippen molar-refractivity contribution in [1.29, 1.82) is 0 Å². The molecular weight excluding hydrogens is 803 g/mol. The van der Waals surface area contributed by atoms with Gasteiger partial charge in [0.1, 0.15) is 0 Å². The summed E-state index contributed by atoms with van der Waals surface area (Å²) >= 11 is 0. The van der Waals surface area contributed by atoms with E-state index < -0.39 is 0 Å². The van der Waals surface area contributed by atoms with E-state index in [1.165, 1.54) is 59.8 Å². The quantitative estimate of drug-likeness (QED) is 0.173. The third-order valence-electron chi connectivity index (χ3n) is 14.6. The molecule has 0 unspecified atom stereocenters. The highest BCUT2D eigenvalue weighted by Crippen LogP contribution is 2.51. The molecule has 66 heavy (non-hydrogen) atoms. The summed E-state index contributed by atoms with van der Waals surface area (Å²) in [4.78, 5) is 16.4. The minimum Gasteiger partial charge on any atom is -0.307 e. The molecule has 12 aromatic rings. The van der Waals surface area contributed by atoms with Gasteiger partial charge in [0.15, 0.2) is 11.6 Å². The maximum Gasteiger partial charge on any atom is 0.238 e. The second kappa shape index (κ2) is 14.3. The lowest BCUT2D eigenvalue weighted by Crippen LogP contribution is -2.33. The minimum absolute atomic E-state index is 0.00528. The average Bonchev–Trinajstić information content (AvgIpc) is 3.89. The van der Waals surface area contributed by atoms with E-state index in [0.717, 1.165) is 57.3 Å². The average molecular weight is 850 g/mol. The summed E-state index contributed by atoms with van der Waals surface area (Å²) in [6, 6.07) is 67.9. The molecule has 0 aliphatic heterocycles. The van der Waals surface area contributed by atoms with Crippen LogP contribution in [0.3, 0.4) is 0 Å². The molecule has 5 nitrogen and oxygen atoms in total. The SMILES string of the molecule is CC1(C)CCC(C)(C)c2cc3c(cc21)c1c2ccccc2c2c4ccccc4n(-c4ccccc4)c2c1n3-c1nc(-c2ccccc2)nc(-c2ccc(-c3cccc4ccccc34)cc2)n1. The van der Waals surface area contributed by atoms with Gasteiger partial charge in [0.2, 0.25) is 5.95 Å². The van der Waals surface area contributed by atoms with Crippen LogP contribution in [0.2, 0.25) is 0 Å². The van der Waals surface area contributed by atoms with E-state index in [0.29, 0.717) is 17.6 Å². The normalized spacial score (nSPS) is 14.5. The summed E-state index contributed by atoms with van der Waals surface area (Å²) in [5.41, 5.74) is 12.6. The van der Waals surface area contributed by atoms with Crippen LogP contribution >= 0.6 is 0 Å². The van der Waals surface area contributed by atoms with Gasteiger partial charge in [-0.15, -0.1) is 0 Å². The number of nitrogens with zero attached hydrogens (tertiary/aromatic N) is 5. The molecule has 0 atom stereocenters. The standard InChI is InChI=1S/C61H47N5/c1-60(2)34-35-61(3,4)50-37-52-48(36-49(50)60)54-46-26-14-13-25-45(46)53-47-27-15-16-29-51(47)65(42-22-9-6-10-23-42)55(53)56(54)66(52)59-63-57(40-19-7-5-8-20-40)62-58(64-59)41-32-30-39(31-33-41)44-28-17-21-38-18-11-12-24-43(38)44/h5-33,36-37H,34-35H2,1-4H3. The van der Waals surface area contributed by atoms with Crippen molar-refractivity contribution in [3.8, 4) is 45.5 Å². The smallest absolute Gasteiger partial charge is 0.238 e. The van der Waals surface area contributed by atoms with Crippen molar-refractivity contribution in [2.45, 2.75) is 51.4 Å². The lowest BCUT2D eigenvalue weighted by Gasteiger charge is -2.42. The fourth-order valence-corrected chi connectivity index (χ4v) is 11.1. The van der Waals surface area contributed by atoms with Gasteiger partial charge in [0.25, 0.3) is 0 Å². The number of rotatable bonds is 5. The molecule has 316 valence electrons. The van der Waals surface area contributed by atoms with Gasteiger partial charge in [0.05, 0.1) is 22.1 Å². The molecule has 5 heteroatoms. The molecule has 0 radical (unpaired) electrons. The molecule has 1 aliphatic carbocycles. The van der Waals surface area contributed by atoms with Crippen molar-refractivity contribution in [3.63, 3.8) is 0 Å². The third kappa shape index (κ3) is 5.75. The minimum atomic E-state index is -0.0259. The summed E-state index contributed by atoms with van der Waals surface area (Å²) in [6.07, 6.45) is 2.23. The number of fused-ring (bicyclic) bond motifs is 12. The molecule has 0 saturated heterocycles. The third-order valence-corrected chi connectivity index (χ3v) is 14.6. The van der Waals surface area contributed by atoms with Gasteiger partial charge in [0, 0.05) is 38.4 Å². The lowest BCUT2D eigenvalue weighted by atomic mass is 9.63. The Morgan fingerprint density at radius 2 is 0.909 bits per heavy atom. The maximum absolute atomic E-state index is 5.58. The van der Waals surface area contributed by atoms with Gasteiger partial charge < -0.3 is 4.57 Å². The molecular formula is C61H47N5. The molecule has 0 bridgehead atoms. The van der Waals surface area contributed by atoms with Gasteiger partial charge in [-0.1, -0.05) is 185 Å². The molecule has 0 spiro atoms. The van der Waals surface area contributed by atoms with E-state index >= 15 is 0 Å². The fraction of sp³-hybridized carbons (Fsp3) is 0.131. The van der Waals surface area contributed by atoms with Crippen LogP contribution < -0.4 is 0 Å². The van der Waals surface area contributed by atoms with E-state index in [2.05, 4.69) is 219 Å². The lowest BCUT2D eigenvalue weighted by molar-refractivity contribution is 0.332. The van der Waals surface area contributed by atoms with Crippen LogP contribution in [0.25, 0.3) is 111 Å². The molecule has 0 N–H and O–H groups in total. The Morgan fingerprint density at radius 1 is 0.394 bits per heavy atom. The zero-order valence-corrected chi connectivity index (χ0v) is 37.5. The van der Waals surface area contributed by atoms with Crippen molar-refractivity contribution >= 4 is 65.2 Å². The van der Waals surface area contributed by atoms with Gasteiger partial charge >= 0.3 is 0 Å². The molecule has 13 rings (SSSR count). The van der Waals surface area contributed by atoms with E-state index in [1.807, 2.05) is 6.07 Å². The molecule has 1 aliphatic rings. The van der Waals surface area contributed by atoms with Crippen molar-refractivity contribution in [2.75, 3.05) is 0 Å². The molecule has 0 fully saturated rings. The molecule has 0 saturated carbocycles. The first-order valence-electron chi connectivity index (χ1n) is 23.2. The zero-order chi connectivity index (χ0) is 44.3. The number of hydrogen-bond donors (Lipinski definition) is 0. The number of hydrogen-bond acceptors (Lipinski definition) is 3. The predicted octanol–water partition coefficient (Wildman–Crippen LogP) is 15.7. The molecule has 3 heterocycles. The van der Waals surface area contributed by atoms with E-state index in [1.54, 1.807) is 0 Å². The largest absolute Gasteiger partial charge is 0.307 e. The Morgan fingerprint density at radius 3 is 1.61 bits per heavy atom. The van der Waals surface area contributed by atoms with Gasteiger partial charge in [-0.3, -0.25) is 4.57 Å². The topological polar surface area (TPSA) is 48.5 Å². The summed E-state index contributed by atoms with van der Waals surface area (Å²) in [7, 11) is 0. The fourth-order valence-electron chi connectivity index (χ4n) is 11.1. The van der Waals surface area contributed by atoms with Crippen LogP contribution in [-0.4, -0.2) is 24.1 Å². The van der Waals surface area contributed by atoms with Gasteiger partial charge in [-0.25, -0.2) is 4.98 Å². The van der Waals surface area contributed by atoms with Gasteiger partial charge in [-0.2, -0.15) is 9.97 Å². The van der Waals surface area contributed by atoms with Crippen molar-refractivity contribution < 1.29 is 0 Å². The molecule has 0 amide bonds. The molecule has 3 aromatic heterocycles. The summed E-state index contributed by atoms with van der Waals surface area (Å²) in [5.74, 6) is 1.84. The second-order valence-corrected chi connectivity index (χ2v) is 19.5. The first kappa shape index (κ1) is 38.6. The Labute approximate surface area is 383 Å². The highest BCUT2D eigenvalue weighted by Gasteiger charge is 2.38. The van der Waals surface area contributed by atoms with Crippen LogP contribution in [0.5, 0.6) is 0 Å². The number of benzene rings is 9. The van der Waals surface area contributed by atoms with Crippen molar-refractivity contribution in [1.82, 2.24) is 24.1 Å².